The largest absolute Gasteiger partial charge is 0.353 e. The van der Waals surface area contributed by atoms with Crippen LogP contribution in [0.15, 0.2) is 30.3 Å². The van der Waals surface area contributed by atoms with Crippen LogP contribution in [0.4, 0.5) is 10.5 Å². The minimum absolute atomic E-state index is 0.0491. The number of carbonyl (C=O) groups excluding carboxylic acids is 3. The Bertz CT molecular complexity index is 712. The van der Waals surface area contributed by atoms with Gasteiger partial charge >= 0.3 is 6.03 Å². The van der Waals surface area contributed by atoms with Crippen LogP contribution in [-0.4, -0.2) is 47.9 Å². The van der Waals surface area contributed by atoms with Gasteiger partial charge in [0.15, 0.2) is 0 Å². The molecule has 7 nitrogen and oxygen atoms in total. The lowest BCUT2D eigenvalue weighted by molar-refractivity contribution is -0.138. The van der Waals surface area contributed by atoms with E-state index in [2.05, 4.69) is 29.8 Å². The molecule has 3 N–H and O–H groups in total. The van der Waals surface area contributed by atoms with Crippen molar-refractivity contribution in [2.24, 2.45) is 17.8 Å². The van der Waals surface area contributed by atoms with Gasteiger partial charge in [0.1, 0.15) is 6.04 Å². The third kappa shape index (κ3) is 6.75. The van der Waals surface area contributed by atoms with Crippen molar-refractivity contribution < 1.29 is 14.4 Å². The minimum Gasteiger partial charge on any atom is -0.353 e. The predicted molar refractivity (Wildman–Crippen MR) is 119 cm³/mol. The van der Waals surface area contributed by atoms with E-state index in [1.807, 2.05) is 39.0 Å². The lowest BCUT2D eigenvalue weighted by Crippen LogP contribution is -2.54. The molecule has 166 valence electrons. The number of likely N-dealkylation sites (tertiary alicyclic amines) is 1. The fourth-order valence-electron chi connectivity index (χ4n) is 3.41. The summed E-state index contributed by atoms with van der Waals surface area (Å²) in [5.41, 5.74) is 0.674. The molecule has 0 saturated carbocycles. The monoisotopic (exact) mass is 416 g/mol. The highest BCUT2D eigenvalue weighted by Crippen LogP contribution is 2.20. The summed E-state index contributed by atoms with van der Waals surface area (Å²) in [5.74, 6) is 0.247. The number of carbonyl (C=O) groups is 3. The molecule has 1 aliphatic rings. The molecule has 2 unspecified atom stereocenters. The van der Waals surface area contributed by atoms with E-state index >= 15 is 0 Å². The molecule has 0 aliphatic carbocycles. The molecule has 4 amide bonds. The van der Waals surface area contributed by atoms with Crippen LogP contribution in [0.5, 0.6) is 0 Å². The second kappa shape index (κ2) is 11.0. The van der Waals surface area contributed by atoms with E-state index in [0.29, 0.717) is 37.5 Å². The Morgan fingerprint density at radius 3 is 2.03 bits per heavy atom. The van der Waals surface area contributed by atoms with Crippen LogP contribution in [0.25, 0.3) is 0 Å². The van der Waals surface area contributed by atoms with Crippen LogP contribution in [0, 0.1) is 17.8 Å². The Labute approximate surface area is 180 Å². The summed E-state index contributed by atoms with van der Waals surface area (Å²) < 4.78 is 0. The number of rotatable bonds is 7. The number of hydrogen-bond donors (Lipinski definition) is 3. The van der Waals surface area contributed by atoms with Gasteiger partial charge in [0.2, 0.25) is 11.8 Å². The molecule has 1 aliphatic heterocycles. The van der Waals surface area contributed by atoms with Gasteiger partial charge in [0.25, 0.3) is 0 Å². The highest BCUT2D eigenvalue weighted by atomic mass is 16.2. The fourth-order valence-corrected chi connectivity index (χ4v) is 3.41. The second-order valence-electron chi connectivity index (χ2n) is 8.83. The molecule has 7 heteroatoms. The first-order chi connectivity index (χ1) is 14.2. The van der Waals surface area contributed by atoms with Crippen molar-refractivity contribution in [1.29, 1.82) is 0 Å². The van der Waals surface area contributed by atoms with Crippen LogP contribution in [-0.2, 0) is 9.59 Å². The van der Waals surface area contributed by atoms with Crippen LogP contribution in [0.3, 0.4) is 0 Å². The first kappa shape index (κ1) is 23.7. The normalized spacial score (nSPS) is 16.8. The molecule has 1 heterocycles. The molecular formula is C23H36N4O3. The first-order valence-corrected chi connectivity index (χ1v) is 10.9. The molecule has 1 fully saturated rings. The Balaban J connectivity index is 1.89. The molecule has 2 rings (SSSR count). The molecule has 30 heavy (non-hydrogen) atoms. The summed E-state index contributed by atoms with van der Waals surface area (Å²) in [4.78, 5) is 39.7. The molecule has 2 atom stereocenters. The van der Waals surface area contributed by atoms with Crippen LogP contribution in [0.2, 0.25) is 0 Å². The number of anilines is 1. The van der Waals surface area contributed by atoms with Crippen molar-refractivity contribution in [3.8, 4) is 0 Å². The number of urea groups is 1. The van der Waals surface area contributed by atoms with Gasteiger partial charge in [-0.3, -0.25) is 9.59 Å². The van der Waals surface area contributed by atoms with Crippen molar-refractivity contribution in [2.45, 2.75) is 59.5 Å². The number of para-hydroxylation sites is 1. The zero-order valence-electron chi connectivity index (χ0n) is 18.8. The first-order valence-electron chi connectivity index (χ1n) is 10.9. The molecule has 1 saturated heterocycles. The standard InChI is InChI=1S/C23H36N4O3/c1-15(2)17(5)24-21(28)18-11-13-27(14-12-18)22(29)20(16(3)4)26-23(30)25-19-9-7-6-8-10-19/h6-10,15-18,20H,11-14H2,1-5H3,(H,24,28)(H2,25,26,30). The van der Waals surface area contributed by atoms with E-state index in [1.54, 1.807) is 17.0 Å². The smallest absolute Gasteiger partial charge is 0.319 e. The lowest BCUT2D eigenvalue weighted by Gasteiger charge is -2.35. The van der Waals surface area contributed by atoms with E-state index in [0.717, 1.165) is 0 Å². The van der Waals surface area contributed by atoms with E-state index in [9.17, 15) is 14.4 Å². The van der Waals surface area contributed by atoms with Gasteiger partial charge in [-0.15, -0.1) is 0 Å². The lowest BCUT2D eigenvalue weighted by atomic mass is 9.93. The maximum Gasteiger partial charge on any atom is 0.319 e. The van der Waals surface area contributed by atoms with Gasteiger partial charge in [0, 0.05) is 30.7 Å². The molecule has 0 bridgehead atoms. The average Bonchev–Trinajstić information content (AvgIpc) is 2.72. The third-order valence-electron chi connectivity index (χ3n) is 5.80. The maximum absolute atomic E-state index is 13.1. The molecule has 0 spiro atoms. The van der Waals surface area contributed by atoms with E-state index in [4.69, 9.17) is 0 Å². The molecule has 0 aromatic heterocycles. The maximum atomic E-state index is 13.1. The van der Waals surface area contributed by atoms with E-state index in [-0.39, 0.29) is 29.7 Å². The summed E-state index contributed by atoms with van der Waals surface area (Å²) in [7, 11) is 0. The minimum atomic E-state index is -0.611. The summed E-state index contributed by atoms with van der Waals surface area (Å²) in [6.07, 6.45) is 1.28. The van der Waals surface area contributed by atoms with Crippen LogP contribution >= 0.6 is 0 Å². The Morgan fingerprint density at radius 1 is 0.900 bits per heavy atom. The predicted octanol–water partition coefficient (Wildman–Crippen LogP) is 3.23. The molecule has 1 aromatic carbocycles. The zero-order valence-corrected chi connectivity index (χ0v) is 18.8. The van der Waals surface area contributed by atoms with Gasteiger partial charge in [-0.25, -0.2) is 4.79 Å². The topological polar surface area (TPSA) is 90.5 Å². The van der Waals surface area contributed by atoms with E-state index in [1.165, 1.54) is 0 Å². The number of nitrogens with zero attached hydrogens (tertiary/aromatic N) is 1. The number of hydrogen-bond acceptors (Lipinski definition) is 3. The third-order valence-corrected chi connectivity index (χ3v) is 5.80. The number of piperidine rings is 1. The highest BCUT2D eigenvalue weighted by molar-refractivity contribution is 5.94. The summed E-state index contributed by atoms with van der Waals surface area (Å²) >= 11 is 0. The van der Waals surface area contributed by atoms with Crippen molar-refractivity contribution >= 4 is 23.5 Å². The molecular weight excluding hydrogens is 380 g/mol. The highest BCUT2D eigenvalue weighted by Gasteiger charge is 2.33. The van der Waals surface area contributed by atoms with Crippen LogP contribution in [0.1, 0.15) is 47.5 Å². The SMILES string of the molecule is CC(C)C(C)NC(=O)C1CCN(C(=O)C(NC(=O)Nc2ccccc2)C(C)C)CC1. The molecule has 1 aromatic rings. The summed E-state index contributed by atoms with van der Waals surface area (Å²) in [5, 5.41) is 8.65. The Morgan fingerprint density at radius 2 is 1.50 bits per heavy atom. The van der Waals surface area contributed by atoms with Crippen molar-refractivity contribution in [3.05, 3.63) is 30.3 Å². The van der Waals surface area contributed by atoms with Crippen LogP contribution < -0.4 is 16.0 Å². The quantitative estimate of drug-likeness (QED) is 0.637. The average molecular weight is 417 g/mol. The summed E-state index contributed by atoms with van der Waals surface area (Å²) in [6, 6.07) is 8.26. The second-order valence-corrected chi connectivity index (χ2v) is 8.83. The number of benzene rings is 1. The van der Waals surface area contributed by atoms with Crippen molar-refractivity contribution in [2.75, 3.05) is 18.4 Å². The number of nitrogens with one attached hydrogen (secondary N) is 3. The van der Waals surface area contributed by atoms with Gasteiger partial charge < -0.3 is 20.9 Å². The van der Waals surface area contributed by atoms with Gasteiger partial charge in [-0.05, 0) is 43.7 Å². The number of amides is 4. The molecule has 0 radical (unpaired) electrons. The van der Waals surface area contributed by atoms with Gasteiger partial charge in [0.05, 0.1) is 0 Å². The summed E-state index contributed by atoms with van der Waals surface area (Å²) in [6.45, 7) is 11.1. The van der Waals surface area contributed by atoms with Crippen molar-refractivity contribution in [3.63, 3.8) is 0 Å². The zero-order chi connectivity index (χ0) is 22.3. The fraction of sp³-hybridized carbons (Fsp3) is 0.609. The van der Waals surface area contributed by atoms with Gasteiger partial charge in [-0.1, -0.05) is 45.9 Å². The van der Waals surface area contributed by atoms with Crippen molar-refractivity contribution in [1.82, 2.24) is 15.5 Å². The Hall–Kier alpha value is -2.57. The van der Waals surface area contributed by atoms with Gasteiger partial charge in [-0.2, -0.15) is 0 Å². The van der Waals surface area contributed by atoms with E-state index < -0.39 is 12.1 Å². The Kier molecular flexibility index (Phi) is 8.69.